The van der Waals surface area contributed by atoms with E-state index in [9.17, 15) is 24.0 Å². The maximum atomic E-state index is 13.4. The van der Waals surface area contributed by atoms with Gasteiger partial charge in [0.2, 0.25) is 11.8 Å². The molecule has 214 valence electrons. The van der Waals surface area contributed by atoms with Gasteiger partial charge in [-0.1, -0.05) is 87.2 Å². The molecule has 0 saturated carbocycles. The molecule has 0 heterocycles. The second kappa shape index (κ2) is 16.3. The number of benzene rings is 2. The number of ether oxygens (including phenoxy) is 3. The first kappa shape index (κ1) is 31.5. The summed E-state index contributed by atoms with van der Waals surface area (Å²) in [6.07, 6.45) is -0.0592. The fourth-order valence-corrected chi connectivity index (χ4v) is 3.52. The minimum atomic E-state index is -1.42. The molecule has 3 N–H and O–H groups in total. The maximum absolute atomic E-state index is 13.4. The van der Waals surface area contributed by atoms with E-state index in [2.05, 4.69) is 27.3 Å². The Bertz CT molecular complexity index is 1150. The molecular formula is C29H35N3O8. The van der Waals surface area contributed by atoms with Crippen LogP contribution < -0.4 is 16.0 Å². The lowest BCUT2D eigenvalue weighted by atomic mass is 10.0. The third-order valence-corrected chi connectivity index (χ3v) is 5.66. The summed E-state index contributed by atoms with van der Waals surface area (Å²) in [4.78, 5) is 63.7. The lowest BCUT2D eigenvalue weighted by molar-refractivity contribution is -0.148. The maximum Gasteiger partial charge on any atom is 0.408 e. The predicted molar refractivity (Wildman–Crippen MR) is 145 cm³/mol. The molecule has 0 spiro atoms. The molecule has 0 saturated heterocycles. The Morgan fingerprint density at radius 3 is 2.05 bits per heavy atom. The zero-order chi connectivity index (χ0) is 29.5. The molecule has 0 aromatic heterocycles. The Balaban J connectivity index is 2.22. The molecular weight excluding hydrogens is 518 g/mol. The first-order chi connectivity index (χ1) is 19.2. The molecule has 0 radical (unpaired) electrons. The van der Waals surface area contributed by atoms with Crippen LogP contribution in [0.1, 0.15) is 37.4 Å². The summed E-state index contributed by atoms with van der Waals surface area (Å²) in [5.74, 6) is -3.30. The van der Waals surface area contributed by atoms with Crippen molar-refractivity contribution in [2.75, 3.05) is 13.7 Å². The van der Waals surface area contributed by atoms with E-state index in [0.717, 1.165) is 12.7 Å². The smallest absolute Gasteiger partial charge is 0.408 e. The molecule has 11 nitrogen and oxygen atoms in total. The van der Waals surface area contributed by atoms with E-state index in [4.69, 9.17) is 9.47 Å². The Hall–Kier alpha value is -4.67. The van der Waals surface area contributed by atoms with Crippen molar-refractivity contribution in [3.8, 4) is 0 Å². The van der Waals surface area contributed by atoms with Gasteiger partial charge in [0.05, 0.1) is 13.5 Å². The molecule has 0 bridgehead atoms. The van der Waals surface area contributed by atoms with E-state index >= 15 is 0 Å². The summed E-state index contributed by atoms with van der Waals surface area (Å²) in [6.45, 7) is 6.87. The Kier molecular flexibility index (Phi) is 12.9. The fourth-order valence-electron chi connectivity index (χ4n) is 3.52. The van der Waals surface area contributed by atoms with Crippen molar-refractivity contribution in [1.82, 2.24) is 16.0 Å². The number of alkyl carbamates (subject to hydrolysis) is 1. The lowest BCUT2D eigenvalue weighted by Crippen LogP contribution is -2.53. The van der Waals surface area contributed by atoms with Crippen molar-refractivity contribution >= 4 is 29.8 Å². The molecule has 2 rings (SSSR count). The normalized spacial score (nSPS) is 12.7. The van der Waals surface area contributed by atoms with Crippen molar-refractivity contribution in [3.05, 3.63) is 84.4 Å². The van der Waals surface area contributed by atoms with Crippen LogP contribution in [0.25, 0.3) is 0 Å². The van der Waals surface area contributed by atoms with Crippen molar-refractivity contribution in [3.63, 3.8) is 0 Å². The topological polar surface area (TPSA) is 149 Å². The molecule has 3 atom stereocenters. The number of amides is 3. The number of nitrogens with one attached hydrogen (secondary N) is 3. The first-order valence-electron chi connectivity index (χ1n) is 12.6. The van der Waals surface area contributed by atoms with E-state index < -0.39 is 54.4 Å². The first-order valence-corrected chi connectivity index (χ1v) is 12.6. The second-order valence-electron chi connectivity index (χ2n) is 9.04. The molecule has 3 amide bonds. The highest BCUT2D eigenvalue weighted by Gasteiger charge is 2.33. The molecule has 0 unspecified atom stereocenters. The summed E-state index contributed by atoms with van der Waals surface area (Å²) >= 11 is 0. The highest BCUT2D eigenvalue weighted by Crippen LogP contribution is 2.16. The van der Waals surface area contributed by atoms with Crippen LogP contribution in [-0.4, -0.2) is 55.6 Å². The van der Waals surface area contributed by atoms with Gasteiger partial charge in [0.1, 0.15) is 31.3 Å². The van der Waals surface area contributed by atoms with E-state index in [0.29, 0.717) is 5.56 Å². The van der Waals surface area contributed by atoms with Gasteiger partial charge in [-0.05, 0) is 17.0 Å². The van der Waals surface area contributed by atoms with Gasteiger partial charge >= 0.3 is 18.0 Å². The van der Waals surface area contributed by atoms with Crippen LogP contribution in [0.5, 0.6) is 0 Å². The van der Waals surface area contributed by atoms with Crippen LogP contribution >= 0.6 is 0 Å². The lowest BCUT2D eigenvalue weighted by Gasteiger charge is -2.26. The molecule has 2 aromatic rings. The number of hydrogen-bond acceptors (Lipinski definition) is 8. The monoisotopic (exact) mass is 553 g/mol. The molecule has 11 heteroatoms. The molecule has 0 aliphatic carbocycles. The number of methoxy groups -OCH3 is 1. The summed E-state index contributed by atoms with van der Waals surface area (Å²) < 4.78 is 14.9. The van der Waals surface area contributed by atoms with E-state index in [1.54, 1.807) is 68.4 Å². The number of esters is 2. The summed E-state index contributed by atoms with van der Waals surface area (Å²) in [5.41, 5.74) is 1.12. The zero-order valence-corrected chi connectivity index (χ0v) is 22.8. The molecule has 40 heavy (non-hydrogen) atoms. The summed E-state index contributed by atoms with van der Waals surface area (Å²) in [5, 5.41) is 7.56. The van der Waals surface area contributed by atoms with Crippen LogP contribution in [0.4, 0.5) is 4.79 Å². The quantitative estimate of drug-likeness (QED) is 0.184. The molecule has 2 aromatic carbocycles. The molecule has 0 fully saturated rings. The fraction of sp³-hybridized carbons (Fsp3) is 0.345. The van der Waals surface area contributed by atoms with E-state index in [1.807, 2.05) is 6.07 Å². The second-order valence-corrected chi connectivity index (χ2v) is 9.04. The largest absolute Gasteiger partial charge is 0.469 e. The average Bonchev–Trinajstić information content (AvgIpc) is 2.96. The van der Waals surface area contributed by atoms with Gasteiger partial charge in [0.15, 0.2) is 0 Å². The van der Waals surface area contributed by atoms with Crippen LogP contribution in [-0.2, 0) is 40.0 Å². The summed E-state index contributed by atoms with van der Waals surface area (Å²) in [7, 11) is 1.14. The third kappa shape index (κ3) is 10.2. The number of carbonyl (C=O) groups excluding carboxylic acids is 5. The van der Waals surface area contributed by atoms with Crippen LogP contribution in [0, 0.1) is 5.92 Å². The Labute approximate surface area is 233 Å². The van der Waals surface area contributed by atoms with Crippen molar-refractivity contribution in [2.24, 2.45) is 5.92 Å². The summed E-state index contributed by atoms with van der Waals surface area (Å²) in [6, 6.07) is 13.5. The Morgan fingerprint density at radius 1 is 0.850 bits per heavy atom. The van der Waals surface area contributed by atoms with E-state index in [-0.39, 0.29) is 19.1 Å². The van der Waals surface area contributed by atoms with Crippen molar-refractivity contribution < 1.29 is 38.2 Å². The van der Waals surface area contributed by atoms with Gasteiger partial charge in [-0.15, -0.1) is 0 Å². The minimum Gasteiger partial charge on any atom is -0.469 e. The standard InChI is InChI=1S/C29H35N3O8/c1-5-16-39-28(36)24(19(2)3)31-27(35)25(21-14-10-7-11-15-21)32-26(34)22(17-23(33)38-4)30-29(37)40-18-20-12-8-6-9-13-20/h5-15,19,22,24-25H,1,16-18H2,2-4H3,(H,30,37)(H,31,35)(H,32,34)/t22-,24-,25-/m0/s1. The van der Waals surface area contributed by atoms with Crippen LogP contribution in [0.2, 0.25) is 0 Å². The van der Waals surface area contributed by atoms with Gasteiger partial charge in [-0.25, -0.2) is 9.59 Å². The SMILES string of the molecule is C=CCOC(=O)[C@@H](NC(=O)[C@@H](NC(=O)[C@H](CC(=O)OC)NC(=O)OCc1ccccc1)c1ccccc1)C(C)C. The van der Waals surface area contributed by atoms with Gasteiger partial charge in [-0.3, -0.25) is 14.4 Å². The van der Waals surface area contributed by atoms with Crippen molar-refractivity contribution in [2.45, 2.75) is 45.0 Å². The van der Waals surface area contributed by atoms with Gasteiger partial charge < -0.3 is 30.2 Å². The highest BCUT2D eigenvalue weighted by molar-refractivity contribution is 5.95. The zero-order valence-electron chi connectivity index (χ0n) is 22.8. The van der Waals surface area contributed by atoms with Gasteiger partial charge in [-0.2, -0.15) is 0 Å². The molecule has 0 aliphatic rings. The predicted octanol–water partition coefficient (Wildman–Crippen LogP) is 2.57. The van der Waals surface area contributed by atoms with Crippen LogP contribution in [0.3, 0.4) is 0 Å². The van der Waals surface area contributed by atoms with Gasteiger partial charge in [0, 0.05) is 0 Å². The number of rotatable bonds is 14. The number of carbonyl (C=O) groups is 5. The molecule has 0 aliphatic heterocycles. The Morgan fingerprint density at radius 2 is 1.48 bits per heavy atom. The minimum absolute atomic E-state index is 0.0297. The highest BCUT2D eigenvalue weighted by atomic mass is 16.5. The van der Waals surface area contributed by atoms with Crippen LogP contribution in [0.15, 0.2) is 73.3 Å². The van der Waals surface area contributed by atoms with E-state index in [1.165, 1.54) is 6.08 Å². The van der Waals surface area contributed by atoms with Gasteiger partial charge in [0.25, 0.3) is 0 Å². The third-order valence-electron chi connectivity index (χ3n) is 5.66. The number of hydrogen-bond donors (Lipinski definition) is 3. The average molecular weight is 554 g/mol. The van der Waals surface area contributed by atoms with Crippen molar-refractivity contribution in [1.29, 1.82) is 0 Å².